The summed E-state index contributed by atoms with van der Waals surface area (Å²) >= 11 is 0. The van der Waals surface area contributed by atoms with E-state index in [0.717, 1.165) is 24.5 Å². The van der Waals surface area contributed by atoms with Gasteiger partial charge in [0.25, 0.3) is 0 Å². The van der Waals surface area contributed by atoms with Crippen LogP contribution in [0.25, 0.3) is 16.7 Å². The first-order chi connectivity index (χ1) is 16.3. The SMILES string of the molecule is CCn1c(Cc2ccnn2-c2cc(F)ccc2F)nc2cc(N3N=CNN3C(F)(F)F)ccc21. The van der Waals surface area contributed by atoms with Gasteiger partial charge in [0, 0.05) is 25.2 Å². The van der Waals surface area contributed by atoms with E-state index in [-0.39, 0.29) is 22.9 Å². The molecule has 0 fully saturated rings. The van der Waals surface area contributed by atoms with E-state index in [1.165, 1.54) is 23.0 Å². The van der Waals surface area contributed by atoms with E-state index < -0.39 is 17.9 Å². The maximum Gasteiger partial charge on any atom is 0.497 e. The van der Waals surface area contributed by atoms with Crippen molar-refractivity contribution in [3.63, 3.8) is 0 Å². The van der Waals surface area contributed by atoms with E-state index in [0.29, 0.717) is 34.2 Å². The molecule has 0 bridgehead atoms. The molecule has 1 aliphatic heterocycles. The smallest absolute Gasteiger partial charge is 0.328 e. The number of alkyl halides is 3. The Labute approximate surface area is 189 Å². The highest BCUT2D eigenvalue weighted by Crippen LogP contribution is 2.30. The Bertz CT molecular complexity index is 1390. The average molecular weight is 476 g/mol. The van der Waals surface area contributed by atoms with E-state index in [4.69, 9.17) is 0 Å². The fourth-order valence-corrected chi connectivity index (χ4v) is 3.88. The molecule has 34 heavy (non-hydrogen) atoms. The molecule has 5 rings (SSSR count). The number of aryl methyl sites for hydroxylation is 1. The van der Waals surface area contributed by atoms with Crippen LogP contribution >= 0.6 is 0 Å². The number of aromatic nitrogens is 4. The molecular formula is C21H17F5N8. The molecule has 0 unspecified atom stereocenters. The van der Waals surface area contributed by atoms with E-state index in [1.54, 1.807) is 12.1 Å². The van der Waals surface area contributed by atoms with Gasteiger partial charge < -0.3 is 4.57 Å². The lowest BCUT2D eigenvalue weighted by atomic mass is 10.2. The number of hydrazine groups is 2. The molecule has 1 N–H and O–H groups in total. The lowest BCUT2D eigenvalue weighted by molar-refractivity contribution is -0.257. The molecule has 2 aromatic carbocycles. The van der Waals surface area contributed by atoms with Crippen LogP contribution in [0.4, 0.5) is 27.6 Å². The molecule has 176 valence electrons. The Balaban J connectivity index is 1.52. The summed E-state index contributed by atoms with van der Waals surface area (Å²) in [5.41, 5.74) is 3.88. The van der Waals surface area contributed by atoms with E-state index in [9.17, 15) is 22.0 Å². The van der Waals surface area contributed by atoms with Gasteiger partial charge in [-0.2, -0.15) is 23.4 Å². The molecule has 4 aromatic rings. The number of nitrogens with one attached hydrogen (secondary N) is 1. The molecule has 2 aromatic heterocycles. The zero-order valence-corrected chi connectivity index (χ0v) is 17.6. The largest absolute Gasteiger partial charge is 0.497 e. The zero-order chi connectivity index (χ0) is 24.0. The lowest BCUT2D eigenvalue weighted by Gasteiger charge is -2.27. The predicted octanol–water partition coefficient (Wildman–Crippen LogP) is 4.12. The third-order valence-electron chi connectivity index (χ3n) is 5.33. The number of hydrogen-bond acceptors (Lipinski definition) is 6. The summed E-state index contributed by atoms with van der Waals surface area (Å²) in [5, 5.41) is 8.47. The van der Waals surface area contributed by atoms with E-state index in [2.05, 4.69) is 15.2 Å². The molecule has 0 radical (unpaired) electrons. The van der Waals surface area contributed by atoms with Crippen LogP contribution in [-0.2, 0) is 13.0 Å². The maximum absolute atomic E-state index is 14.3. The van der Waals surface area contributed by atoms with Gasteiger partial charge in [-0.05, 0) is 48.4 Å². The second-order valence-corrected chi connectivity index (χ2v) is 7.39. The van der Waals surface area contributed by atoms with Crippen molar-refractivity contribution in [1.82, 2.24) is 29.9 Å². The quantitative estimate of drug-likeness (QED) is 0.347. The Morgan fingerprint density at radius 2 is 1.85 bits per heavy atom. The summed E-state index contributed by atoms with van der Waals surface area (Å²) < 4.78 is 70.9. The first-order valence-electron chi connectivity index (χ1n) is 10.2. The molecule has 0 amide bonds. The number of fused-ring (bicyclic) bond motifs is 1. The number of hydrazone groups is 1. The minimum absolute atomic E-state index is 0.0342. The van der Waals surface area contributed by atoms with E-state index >= 15 is 0 Å². The topological polar surface area (TPSA) is 66.5 Å². The van der Waals surface area contributed by atoms with Gasteiger partial charge >= 0.3 is 6.30 Å². The standard InChI is InChI=1S/C21H17F5N8/c1-2-31-18-6-4-15(33-28-12-29-34(33)21(24,25)26)10-17(18)30-20(31)11-14-7-8-27-32(14)19-9-13(22)3-5-16(19)23/h3-10,12H,2,11H2,1H3,(H,28,29). The van der Waals surface area contributed by atoms with E-state index in [1.807, 2.05) is 16.9 Å². The van der Waals surface area contributed by atoms with Gasteiger partial charge in [0.15, 0.2) is 0 Å². The van der Waals surface area contributed by atoms with Crippen LogP contribution in [0.15, 0.2) is 53.8 Å². The van der Waals surface area contributed by atoms with Crippen LogP contribution in [0, 0.1) is 11.6 Å². The maximum atomic E-state index is 14.3. The Morgan fingerprint density at radius 3 is 2.62 bits per heavy atom. The Kier molecular flexibility index (Phi) is 5.20. The summed E-state index contributed by atoms with van der Waals surface area (Å²) in [4.78, 5) is 4.61. The summed E-state index contributed by atoms with van der Waals surface area (Å²) in [5.74, 6) is -0.643. The molecule has 3 heterocycles. The number of halogens is 5. The van der Waals surface area contributed by atoms with Crippen molar-refractivity contribution in [2.75, 3.05) is 5.12 Å². The van der Waals surface area contributed by atoms with Crippen molar-refractivity contribution in [3.05, 3.63) is 71.8 Å². The number of anilines is 1. The third-order valence-corrected chi connectivity index (χ3v) is 5.33. The van der Waals surface area contributed by atoms with Crippen LogP contribution in [0.2, 0.25) is 0 Å². The Hall–Kier alpha value is -4.00. The van der Waals surface area contributed by atoms with Crippen LogP contribution in [0.3, 0.4) is 0 Å². The van der Waals surface area contributed by atoms with Crippen LogP contribution in [0.1, 0.15) is 18.4 Å². The molecule has 13 heteroatoms. The highest BCUT2D eigenvalue weighted by Gasteiger charge is 2.44. The van der Waals surface area contributed by atoms with Crippen molar-refractivity contribution in [2.45, 2.75) is 26.2 Å². The van der Waals surface area contributed by atoms with Gasteiger partial charge in [0.05, 0.1) is 22.4 Å². The summed E-state index contributed by atoms with van der Waals surface area (Å²) in [7, 11) is 0. The second-order valence-electron chi connectivity index (χ2n) is 7.39. The third kappa shape index (κ3) is 3.73. The molecule has 0 saturated heterocycles. The number of benzene rings is 2. The highest BCUT2D eigenvalue weighted by atomic mass is 19.4. The van der Waals surface area contributed by atoms with Crippen LogP contribution in [-0.4, -0.2) is 37.1 Å². The monoisotopic (exact) mass is 476 g/mol. The first kappa shape index (κ1) is 21.8. The van der Waals surface area contributed by atoms with Crippen molar-refractivity contribution < 1.29 is 22.0 Å². The van der Waals surface area contributed by atoms with Crippen molar-refractivity contribution in [1.29, 1.82) is 0 Å². The number of imidazole rings is 1. The molecule has 0 spiro atoms. The first-order valence-corrected chi connectivity index (χ1v) is 10.2. The van der Waals surface area contributed by atoms with Crippen molar-refractivity contribution in [2.24, 2.45) is 5.10 Å². The van der Waals surface area contributed by atoms with Gasteiger partial charge in [-0.15, -0.1) is 5.10 Å². The summed E-state index contributed by atoms with van der Waals surface area (Å²) in [6.45, 7) is 2.44. The van der Waals surface area contributed by atoms with Gasteiger partial charge in [0.2, 0.25) is 0 Å². The molecule has 0 saturated carbocycles. The predicted molar refractivity (Wildman–Crippen MR) is 114 cm³/mol. The molecule has 0 atom stereocenters. The van der Waals surface area contributed by atoms with Crippen molar-refractivity contribution in [3.8, 4) is 5.69 Å². The fourth-order valence-electron chi connectivity index (χ4n) is 3.88. The van der Waals surface area contributed by atoms with Gasteiger partial charge in [0.1, 0.15) is 29.5 Å². The molecular weight excluding hydrogens is 459 g/mol. The average Bonchev–Trinajstić information content (AvgIpc) is 3.52. The Morgan fingerprint density at radius 1 is 1.03 bits per heavy atom. The number of hydrogen-bond donors (Lipinski definition) is 1. The summed E-state index contributed by atoms with van der Waals surface area (Å²) in [6, 6.07) is 9.44. The fraction of sp³-hybridized carbons (Fsp3) is 0.190. The van der Waals surface area contributed by atoms with Gasteiger partial charge in [-0.1, -0.05) is 0 Å². The normalized spacial score (nSPS) is 14.4. The van der Waals surface area contributed by atoms with Crippen LogP contribution in [0.5, 0.6) is 0 Å². The molecule has 0 aliphatic carbocycles. The highest BCUT2D eigenvalue weighted by molar-refractivity contribution is 5.81. The van der Waals surface area contributed by atoms with Crippen LogP contribution < -0.4 is 10.5 Å². The summed E-state index contributed by atoms with van der Waals surface area (Å²) in [6.07, 6.45) is -2.06. The van der Waals surface area contributed by atoms with Crippen molar-refractivity contribution >= 4 is 23.1 Å². The minimum atomic E-state index is -4.69. The molecule has 1 aliphatic rings. The van der Waals surface area contributed by atoms with Gasteiger partial charge in [-0.25, -0.2) is 18.4 Å². The van der Waals surface area contributed by atoms with Gasteiger partial charge in [-0.3, -0.25) is 5.43 Å². The molecule has 8 nitrogen and oxygen atoms in total. The number of rotatable bonds is 5. The number of nitrogens with zero attached hydrogens (tertiary/aromatic N) is 7. The minimum Gasteiger partial charge on any atom is -0.328 e. The zero-order valence-electron chi connectivity index (χ0n) is 17.6. The second kappa shape index (κ2) is 8.09. The lowest BCUT2D eigenvalue weighted by Crippen LogP contribution is -2.51.